The second kappa shape index (κ2) is 6.07. The molecule has 112 valence electrons. The zero-order valence-electron chi connectivity index (χ0n) is 11.7. The van der Waals surface area contributed by atoms with E-state index in [2.05, 4.69) is 5.32 Å². The van der Waals surface area contributed by atoms with Gasteiger partial charge in [-0.1, -0.05) is 0 Å². The number of thioether (sulfide) groups is 1. The summed E-state index contributed by atoms with van der Waals surface area (Å²) in [7, 11) is 0. The highest BCUT2D eigenvalue weighted by Gasteiger charge is 2.27. The molecule has 1 saturated heterocycles. The first-order chi connectivity index (χ1) is 10.1. The first kappa shape index (κ1) is 14.4. The van der Waals surface area contributed by atoms with Crippen LogP contribution in [0.15, 0.2) is 18.2 Å². The molecular weight excluding hydrogens is 288 g/mol. The van der Waals surface area contributed by atoms with Crippen molar-refractivity contribution in [2.45, 2.75) is 18.9 Å². The first-order valence-corrected chi connectivity index (χ1v) is 8.28. The average Bonchev–Trinajstić information content (AvgIpc) is 2.91. The lowest BCUT2D eigenvalue weighted by atomic mass is 10.1. The van der Waals surface area contributed by atoms with Gasteiger partial charge in [-0.2, -0.15) is 11.8 Å². The number of carbonyl (C=O) groups is 2. The van der Waals surface area contributed by atoms with Crippen LogP contribution in [0.5, 0.6) is 0 Å². The minimum atomic E-state index is -0.925. The molecule has 2 aliphatic heterocycles. The zero-order valence-corrected chi connectivity index (χ0v) is 12.5. The maximum Gasteiger partial charge on any atom is 0.335 e. The summed E-state index contributed by atoms with van der Waals surface area (Å²) in [6.45, 7) is 1.61. The van der Waals surface area contributed by atoms with Crippen molar-refractivity contribution >= 4 is 29.3 Å². The van der Waals surface area contributed by atoms with Crippen LogP contribution in [0.25, 0.3) is 0 Å². The van der Waals surface area contributed by atoms with Gasteiger partial charge in [0.05, 0.1) is 5.56 Å². The van der Waals surface area contributed by atoms with Gasteiger partial charge < -0.3 is 15.3 Å². The van der Waals surface area contributed by atoms with Crippen LogP contribution in [0.3, 0.4) is 0 Å². The standard InChI is InChI=1S/C15H18N2O3S/c18-14(8-12-9-21-6-4-16-12)17-5-3-10-7-11(15(19)20)1-2-13(10)17/h1-2,7,12,16H,3-6,8-9H2,(H,19,20). The molecule has 1 amide bonds. The third-order valence-electron chi connectivity index (χ3n) is 3.94. The van der Waals surface area contributed by atoms with Crippen LogP contribution in [-0.4, -0.2) is 47.6 Å². The van der Waals surface area contributed by atoms with Gasteiger partial charge in [-0.25, -0.2) is 4.79 Å². The molecule has 1 aromatic carbocycles. The number of carbonyl (C=O) groups excluding carboxylic acids is 1. The third kappa shape index (κ3) is 3.06. The SMILES string of the molecule is O=C(O)c1ccc2c(c1)CCN2C(=O)CC1CSCCN1. The van der Waals surface area contributed by atoms with Gasteiger partial charge in [0.2, 0.25) is 5.91 Å². The fourth-order valence-corrected chi connectivity index (χ4v) is 3.81. The number of hydrogen-bond donors (Lipinski definition) is 2. The normalized spacial score (nSPS) is 21.1. The van der Waals surface area contributed by atoms with Crippen LogP contribution in [0.2, 0.25) is 0 Å². The topological polar surface area (TPSA) is 69.6 Å². The first-order valence-electron chi connectivity index (χ1n) is 7.13. The Bertz CT molecular complexity index is 570. The molecular formula is C15H18N2O3S. The minimum absolute atomic E-state index is 0.122. The molecule has 0 saturated carbocycles. The number of hydrogen-bond acceptors (Lipinski definition) is 4. The Labute approximate surface area is 127 Å². The molecule has 1 unspecified atom stereocenters. The number of carboxylic acid groups (broad SMARTS) is 1. The van der Waals surface area contributed by atoms with Gasteiger partial charge in [-0.05, 0) is 30.2 Å². The number of nitrogens with zero attached hydrogens (tertiary/aromatic N) is 1. The number of carboxylic acids is 1. The highest BCUT2D eigenvalue weighted by molar-refractivity contribution is 7.99. The number of anilines is 1. The van der Waals surface area contributed by atoms with Crippen molar-refractivity contribution in [1.82, 2.24) is 5.32 Å². The smallest absolute Gasteiger partial charge is 0.335 e. The Morgan fingerprint density at radius 1 is 1.43 bits per heavy atom. The number of rotatable bonds is 3. The van der Waals surface area contributed by atoms with Gasteiger partial charge in [0, 0.05) is 42.7 Å². The molecule has 5 nitrogen and oxygen atoms in total. The van der Waals surface area contributed by atoms with Gasteiger partial charge in [0.15, 0.2) is 0 Å². The van der Waals surface area contributed by atoms with E-state index in [4.69, 9.17) is 5.11 Å². The summed E-state index contributed by atoms with van der Waals surface area (Å²) in [5.74, 6) is 1.28. The van der Waals surface area contributed by atoms with Crippen molar-refractivity contribution in [3.8, 4) is 0 Å². The second-order valence-corrected chi connectivity index (χ2v) is 6.52. The number of amides is 1. The van der Waals surface area contributed by atoms with Crippen LogP contribution in [0.4, 0.5) is 5.69 Å². The van der Waals surface area contributed by atoms with Crippen molar-refractivity contribution in [3.63, 3.8) is 0 Å². The molecule has 2 heterocycles. The van der Waals surface area contributed by atoms with Crippen LogP contribution < -0.4 is 10.2 Å². The molecule has 6 heteroatoms. The Balaban J connectivity index is 1.71. The van der Waals surface area contributed by atoms with Gasteiger partial charge in [0.1, 0.15) is 0 Å². The monoisotopic (exact) mass is 306 g/mol. The van der Waals surface area contributed by atoms with E-state index in [1.807, 2.05) is 11.8 Å². The van der Waals surface area contributed by atoms with Crippen LogP contribution >= 0.6 is 11.8 Å². The maximum absolute atomic E-state index is 12.5. The number of fused-ring (bicyclic) bond motifs is 1. The van der Waals surface area contributed by atoms with Crippen molar-refractivity contribution in [2.24, 2.45) is 0 Å². The summed E-state index contributed by atoms with van der Waals surface area (Å²) in [5, 5.41) is 12.4. The van der Waals surface area contributed by atoms with E-state index in [-0.39, 0.29) is 17.5 Å². The molecule has 0 spiro atoms. The highest BCUT2D eigenvalue weighted by atomic mass is 32.2. The molecule has 0 radical (unpaired) electrons. The molecule has 0 aromatic heterocycles. The fourth-order valence-electron chi connectivity index (χ4n) is 2.87. The van der Waals surface area contributed by atoms with E-state index in [0.717, 1.165) is 35.7 Å². The molecule has 1 fully saturated rings. The number of aromatic carboxylic acids is 1. The minimum Gasteiger partial charge on any atom is -0.478 e. The van der Waals surface area contributed by atoms with E-state index >= 15 is 0 Å². The molecule has 2 N–H and O–H groups in total. The van der Waals surface area contributed by atoms with E-state index in [9.17, 15) is 9.59 Å². The number of nitrogens with one attached hydrogen (secondary N) is 1. The van der Waals surface area contributed by atoms with Gasteiger partial charge >= 0.3 is 5.97 Å². The van der Waals surface area contributed by atoms with Crippen molar-refractivity contribution < 1.29 is 14.7 Å². The average molecular weight is 306 g/mol. The lowest BCUT2D eigenvalue weighted by molar-refractivity contribution is -0.118. The molecule has 3 rings (SSSR count). The van der Waals surface area contributed by atoms with Gasteiger partial charge in [-0.15, -0.1) is 0 Å². The van der Waals surface area contributed by atoms with Gasteiger partial charge in [0.25, 0.3) is 0 Å². The zero-order chi connectivity index (χ0) is 14.8. The van der Waals surface area contributed by atoms with E-state index < -0.39 is 5.97 Å². The highest BCUT2D eigenvalue weighted by Crippen LogP contribution is 2.29. The summed E-state index contributed by atoms with van der Waals surface area (Å²) < 4.78 is 0. The molecule has 0 aliphatic carbocycles. The second-order valence-electron chi connectivity index (χ2n) is 5.37. The summed E-state index contributed by atoms with van der Waals surface area (Å²) in [6.07, 6.45) is 1.24. The van der Waals surface area contributed by atoms with Crippen molar-refractivity contribution in [2.75, 3.05) is 29.5 Å². The Hall–Kier alpha value is -1.53. The molecule has 0 bridgehead atoms. The summed E-state index contributed by atoms with van der Waals surface area (Å²) in [5.41, 5.74) is 2.11. The molecule has 1 aromatic rings. The van der Waals surface area contributed by atoms with E-state index in [1.54, 1.807) is 23.1 Å². The molecule has 21 heavy (non-hydrogen) atoms. The van der Waals surface area contributed by atoms with Crippen LogP contribution in [0, 0.1) is 0 Å². The predicted octanol–water partition coefficient (Wildman–Crippen LogP) is 1.37. The fraction of sp³-hybridized carbons (Fsp3) is 0.467. The lowest BCUT2D eigenvalue weighted by Gasteiger charge is -2.25. The van der Waals surface area contributed by atoms with Crippen LogP contribution in [-0.2, 0) is 11.2 Å². The lowest BCUT2D eigenvalue weighted by Crippen LogP contribution is -2.42. The predicted molar refractivity (Wildman–Crippen MR) is 83.2 cm³/mol. The summed E-state index contributed by atoms with van der Waals surface area (Å²) in [6, 6.07) is 5.26. The van der Waals surface area contributed by atoms with Crippen molar-refractivity contribution in [1.29, 1.82) is 0 Å². The molecule has 1 atom stereocenters. The van der Waals surface area contributed by atoms with Crippen molar-refractivity contribution in [3.05, 3.63) is 29.3 Å². The quantitative estimate of drug-likeness (QED) is 0.882. The third-order valence-corrected chi connectivity index (χ3v) is 5.07. The maximum atomic E-state index is 12.5. The Morgan fingerprint density at radius 3 is 3.00 bits per heavy atom. The summed E-state index contributed by atoms with van der Waals surface area (Å²) >= 11 is 1.88. The largest absolute Gasteiger partial charge is 0.478 e. The Kier molecular flexibility index (Phi) is 4.17. The summed E-state index contributed by atoms with van der Waals surface area (Å²) in [4.78, 5) is 25.2. The number of benzene rings is 1. The Morgan fingerprint density at radius 2 is 2.29 bits per heavy atom. The van der Waals surface area contributed by atoms with E-state index in [1.165, 1.54) is 0 Å². The van der Waals surface area contributed by atoms with Crippen LogP contribution in [0.1, 0.15) is 22.3 Å². The van der Waals surface area contributed by atoms with Gasteiger partial charge in [-0.3, -0.25) is 4.79 Å². The van der Waals surface area contributed by atoms with E-state index in [0.29, 0.717) is 13.0 Å². The molecule has 2 aliphatic rings.